The van der Waals surface area contributed by atoms with Crippen molar-refractivity contribution in [1.82, 2.24) is 15.2 Å². The molecule has 0 bridgehead atoms. The van der Waals surface area contributed by atoms with Gasteiger partial charge in [-0.15, -0.1) is 0 Å². The summed E-state index contributed by atoms with van der Waals surface area (Å²) in [5, 5.41) is 18.6. The number of aromatic nitrogens is 2. The molecule has 0 spiro atoms. The van der Waals surface area contributed by atoms with Gasteiger partial charge < -0.3 is 14.7 Å². The molecule has 1 heterocycles. The zero-order valence-corrected chi connectivity index (χ0v) is 19.1. The van der Waals surface area contributed by atoms with Gasteiger partial charge in [-0.3, -0.25) is 14.9 Å². The van der Waals surface area contributed by atoms with Crippen molar-refractivity contribution < 1.29 is 28.9 Å². The number of carbonyl (C=O) groups is 3. The van der Waals surface area contributed by atoms with Crippen molar-refractivity contribution in [3.63, 3.8) is 0 Å². The predicted octanol–water partition coefficient (Wildman–Crippen LogP) is 3.32. The molecule has 2 amide bonds. The van der Waals surface area contributed by atoms with Crippen LogP contribution >= 0.6 is 11.8 Å². The molecule has 2 aromatic carbocycles. The zero-order valence-electron chi connectivity index (χ0n) is 18.3. The Morgan fingerprint density at radius 3 is 2.35 bits per heavy atom. The minimum atomic E-state index is -1.17. The van der Waals surface area contributed by atoms with Crippen LogP contribution in [0.1, 0.15) is 27.5 Å². The first-order valence-corrected chi connectivity index (χ1v) is 11.8. The van der Waals surface area contributed by atoms with Crippen molar-refractivity contribution in [2.45, 2.75) is 5.92 Å². The summed E-state index contributed by atoms with van der Waals surface area (Å²) >= 11 is 1.46. The molecule has 3 aromatic rings. The Hall–Kier alpha value is -3.86. The number of amides is 2. The summed E-state index contributed by atoms with van der Waals surface area (Å²) in [6, 6.07) is 15.9. The Bertz CT molecular complexity index is 1170. The first-order chi connectivity index (χ1) is 16.5. The van der Waals surface area contributed by atoms with E-state index >= 15 is 0 Å². The van der Waals surface area contributed by atoms with E-state index in [-0.39, 0.29) is 30.6 Å². The highest BCUT2D eigenvalue weighted by Gasteiger charge is 2.30. The van der Waals surface area contributed by atoms with Gasteiger partial charge in [0.15, 0.2) is 0 Å². The minimum absolute atomic E-state index is 0.0767. The number of anilines is 1. The van der Waals surface area contributed by atoms with Crippen LogP contribution in [0, 0.1) is 0 Å². The molecule has 2 N–H and O–H groups in total. The first-order valence-electron chi connectivity index (χ1n) is 10.4. The number of ether oxygens (including phenoxy) is 1. The van der Waals surface area contributed by atoms with Crippen molar-refractivity contribution in [3.05, 3.63) is 65.4 Å². The maximum Gasteiger partial charge on any atom is 0.412 e. The highest BCUT2D eigenvalue weighted by Crippen LogP contribution is 2.44. The van der Waals surface area contributed by atoms with Crippen molar-refractivity contribution in [2.75, 3.05) is 37.0 Å². The highest BCUT2D eigenvalue weighted by molar-refractivity contribution is 7.98. The fraction of sp³-hybridized carbons (Fsp3) is 0.261. The maximum absolute atomic E-state index is 12.8. The first kappa shape index (κ1) is 23.3. The number of thioether (sulfide) groups is 1. The fourth-order valence-corrected chi connectivity index (χ4v) is 4.31. The Morgan fingerprint density at radius 1 is 1.09 bits per heavy atom. The van der Waals surface area contributed by atoms with E-state index in [0.717, 1.165) is 27.2 Å². The monoisotopic (exact) mass is 482 g/mol. The lowest BCUT2D eigenvalue weighted by atomic mass is 9.98. The van der Waals surface area contributed by atoms with Gasteiger partial charge in [-0.1, -0.05) is 48.5 Å². The molecule has 0 radical (unpaired) electrons. The molecule has 10 nitrogen and oxygen atoms in total. The van der Waals surface area contributed by atoms with Crippen LogP contribution in [0.25, 0.3) is 11.1 Å². The topological polar surface area (TPSA) is 135 Å². The Kier molecular flexibility index (Phi) is 7.12. The van der Waals surface area contributed by atoms with E-state index in [1.165, 1.54) is 11.8 Å². The van der Waals surface area contributed by atoms with E-state index in [9.17, 15) is 14.4 Å². The molecule has 1 aromatic heterocycles. The molecule has 1 aliphatic rings. The normalized spacial score (nSPS) is 12.0. The number of carboxylic acid groups (broad SMARTS) is 1. The van der Waals surface area contributed by atoms with Crippen molar-refractivity contribution >= 4 is 35.5 Å². The molecule has 11 heteroatoms. The maximum atomic E-state index is 12.8. The second-order valence-electron chi connectivity index (χ2n) is 7.53. The average molecular weight is 483 g/mol. The summed E-state index contributed by atoms with van der Waals surface area (Å²) in [7, 11) is 0. The summed E-state index contributed by atoms with van der Waals surface area (Å²) in [6.45, 7) is -0.256. The molecule has 0 saturated heterocycles. The van der Waals surface area contributed by atoms with E-state index in [1.807, 2.05) is 54.8 Å². The van der Waals surface area contributed by atoms with Crippen LogP contribution in [0.5, 0.6) is 0 Å². The average Bonchev–Trinajstić information content (AvgIpc) is 3.42. The predicted molar refractivity (Wildman–Crippen MR) is 125 cm³/mol. The number of carboxylic acids is 1. The SMILES string of the molecule is CSCCN(CC(=O)O)C(=O)c1nonc1NC(=O)OCC1c2ccccc2-c2ccccc21. The summed E-state index contributed by atoms with van der Waals surface area (Å²) in [5.41, 5.74) is 4.03. The van der Waals surface area contributed by atoms with Crippen LogP contribution in [-0.4, -0.2) is 70.0 Å². The Balaban J connectivity index is 1.44. The lowest BCUT2D eigenvalue weighted by molar-refractivity contribution is -0.137. The van der Waals surface area contributed by atoms with Crippen LogP contribution in [0.15, 0.2) is 53.2 Å². The number of rotatable bonds is 9. The van der Waals surface area contributed by atoms with Crippen LogP contribution in [0.4, 0.5) is 10.6 Å². The molecule has 0 unspecified atom stereocenters. The number of nitrogens with one attached hydrogen (secondary N) is 1. The van der Waals surface area contributed by atoms with E-state index in [2.05, 4.69) is 20.3 Å². The molecule has 176 valence electrons. The summed E-state index contributed by atoms with van der Waals surface area (Å²) in [4.78, 5) is 37.6. The molecule has 0 fully saturated rings. The molecular formula is C23H22N4O6S. The van der Waals surface area contributed by atoms with Gasteiger partial charge in [0.05, 0.1) is 0 Å². The van der Waals surface area contributed by atoms with Gasteiger partial charge in [0.2, 0.25) is 11.5 Å². The third kappa shape index (κ3) is 4.88. The summed E-state index contributed by atoms with van der Waals surface area (Å²) in [6.07, 6.45) is 1.01. The van der Waals surface area contributed by atoms with Crippen LogP contribution < -0.4 is 5.32 Å². The molecule has 34 heavy (non-hydrogen) atoms. The molecule has 4 rings (SSSR count). The largest absolute Gasteiger partial charge is 0.480 e. The van der Waals surface area contributed by atoms with Gasteiger partial charge in [0, 0.05) is 18.2 Å². The van der Waals surface area contributed by atoms with E-state index in [4.69, 9.17) is 9.84 Å². The summed E-state index contributed by atoms with van der Waals surface area (Å²) in [5.74, 6) is -1.72. The van der Waals surface area contributed by atoms with Gasteiger partial charge in [-0.25, -0.2) is 9.42 Å². The number of aliphatic carboxylic acids is 1. The number of nitrogens with zero attached hydrogens (tertiary/aromatic N) is 3. The van der Waals surface area contributed by atoms with Gasteiger partial charge in [-0.05, 0) is 38.8 Å². The van der Waals surface area contributed by atoms with Gasteiger partial charge in [0.25, 0.3) is 5.91 Å². The number of carbonyl (C=O) groups excluding carboxylic acids is 2. The van der Waals surface area contributed by atoms with Crippen molar-refractivity contribution in [3.8, 4) is 11.1 Å². The number of fused-ring (bicyclic) bond motifs is 3. The molecule has 0 aliphatic heterocycles. The number of hydrogen-bond acceptors (Lipinski definition) is 8. The highest BCUT2D eigenvalue weighted by atomic mass is 32.2. The molecular weight excluding hydrogens is 460 g/mol. The Labute approximate surface area is 199 Å². The lowest BCUT2D eigenvalue weighted by Gasteiger charge is -2.19. The third-order valence-electron chi connectivity index (χ3n) is 5.43. The summed E-state index contributed by atoms with van der Waals surface area (Å²) < 4.78 is 10.1. The number of benzene rings is 2. The second kappa shape index (κ2) is 10.4. The van der Waals surface area contributed by atoms with Gasteiger partial charge in [0.1, 0.15) is 13.2 Å². The van der Waals surface area contributed by atoms with Crippen LogP contribution in [-0.2, 0) is 9.53 Å². The van der Waals surface area contributed by atoms with E-state index < -0.39 is 24.5 Å². The van der Waals surface area contributed by atoms with Crippen LogP contribution in [0.2, 0.25) is 0 Å². The molecule has 0 atom stereocenters. The molecule has 1 aliphatic carbocycles. The second-order valence-corrected chi connectivity index (χ2v) is 8.51. The minimum Gasteiger partial charge on any atom is -0.480 e. The third-order valence-corrected chi connectivity index (χ3v) is 6.02. The molecule has 0 saturated carbocycles. The fourth-order valence-electron chi connectivity index (χ4n) is 3.91. The zero-order chi connectivity index (χ0) is 24.1. The van der Waals surface area contributed by atoms with Crippen molar-refractivity contribution in [1.29, 1.82) is 0 Å². The smallest absolute Gasteiger partial charge is 0.412 e. The van der Waals surface area contributed by atoms with Crippen molar-refractivity contribution in [2.24, 2.45) is 0 Å². The van der Waals surface area contributed by atoms with Crippen LogP contribution in [0.3, 0.4) is 0 Å². The quantitative estimate of drug-likeness (QED) is 0.471. The van der Waals surface area contributed by atoms with Gasteiger partial charge >= 0.3 is 12.1 Å². The van der Waals surface area contributed by atoms with E-state index in [0.29, 0.717) is 5.75 Å². The Morgan fingerprint density at radius 2 is 1.74 bits per heavy atom. The van der Waals surface area contributed by atoms with E-state index in [1.54, 1.807) is 0 Å². The number of hydrogen-bond donors (Lipinski definition) is 2. The lowest BCUT2D eigenvalue weighted by Crippen LogP contribution is -2.38. The van der Waals surface area contributed by atoms with Gasteiger partial charge in [-0.2, -0.15) is 11.8 Å². The standard InChI is InChI=1S/C23H22N4O6S/c1-34-11-10-27(12-19(28)29)22(30)20-21(26-33-25-20)24-23(31)32-13-18-16-8-4-2-6-14(16)15-7-3-5-9-17(15)18/h2-9,18H,10-13H2,1H3,(H,28,29)(H,24,26,31).